The number of nitrogens with one attached hydrogen (secondary N) is 1. The van der Waals surface area contributed by atoms with Crippen molar-refractivity contribution < 1.29 is 17.9 Å². The second-order valence-corrected chi connectivity index (χ2v) is 8.77. The second kappa shape index (κ2) is 9.00. The summed E-state index contributed by atoms with van der Waals surface area (Å²) in [5, 5.41) is 2.77. The number of para-hydroxylation sites is 1. The minimum atomic E-state index is -3.94. The molecule has 0 fully saturated rings. The summed E-state index contributed by atoms with van der Waals surface area (Å²) in [6.07, 6.45) is 0. The van der Waals surface area contributed by atoms with Crippen LogP contribution in [0.5, 0.6) is 5.75 Å². The van der Waals surface area contributed by atoms with Gasteiger partial charge in [-0.25, -0.2) is 8.42 Å². The summed E-state index contributed by atoms with van der Waals surface area (Å²) in [7, 11) is -2.43. The van der Waals surface area contributed by atoms with E-state index in [0.29, 0.717) is 17.1 Å². The number of anilines is 2. The van der Waals surface area contributed by atoms with E-state index < -0.39 is 15.9 Å². The van der Waals surface area contributed by atoms with Crippen LogP contribution >= 0.6 is 0 Å². The fourth-order valence-electron chi connectivity index (χ4n) is 2.99. The molecule has 0 saturated heterocycles. The Hall–Kier alpha value is -3.32. The van der Waals surface area contributed by atoms with E-state index in [1.54, 1.807) is 66.7 Å². The Labute approximate surface area is 177 Å². The summed E-state index contributed by atoms with van der Waals surface area (Å²) in [6.45, 7) is 3.40. The van der Waals surface area contributed by atoms with Gasteiger partial charge in [0, 0.05) is 0 Å². The molecule has 3 aromatic rings. The fourth-order valence-corrected chi connectivity index (χ4v) is 4.41. The van der Waals surface area contributed by atoms with Gasteiger partial charge in [0.05, 0.1) is 23.4 Å². The highest BCUT2D eigenvalue weighted by Crippen LogP contribution is 2.27. The van der Waals surface area contributed by atoms with Crippen LogP contribution < -0.4 is 14.4 Å². The molecule has 0 bridgehead atoms. The standard InChI is InChI=1S/C23H24N2O4S/c1-17-9-12-20(13-10-17)30(27,28)25(19-7-5-4-6-8-19)16-23(26)24-21-15-18(2)11-14-22(21)29-3/h4-15H,16H2,1-3H3,(H,24,26). The summed E-state index contributed by atoms with van der Waals surface area (Å²) in [4.78, 5) is 13.0. The summed E-state index contributed by atoms with van der Waals surface area (Å²) in [5.41, 5.74) is 2.79. The minimum Gasteiger partial charge on any atom is -0.495 e. The van der Waals surface area contributed by atoms with Crippen molar-refractivity contribution in [2.24, 2.45) is 0 Å². The number of methoxy groups -OCH3 is 1. The zero-order valence-corrected chi connectivity index (χ0v) is 17.9. The number of ether oxygens (including phenoxy) is 1. The molecule has 0 aliphatic rings. The topological polar surface area (TPSA) is 75.7 Å². The third-order valence-electron chi connectivity index (χ3n) is 4.57. The van der Waals surface area contributed by atoms with Gasteiger partial charge >= 0.3 is 0 Å². The first kappa shape index (κ1) is 21.4. The molecule has 0 aromatic heterocycles. The van der Waals surface area contributed by atoms with E-state index in [0.717, 1.165) is 15.4 Å². The van der Waals surface area contributed by atoms with Crippen LogP contribution in [0.15, 0.2) is 77.7 Å². The Balaban J connectivity index is 1.93. The third kappa shape index (κ3) is 4.80. The Morgan fingerprint density at radius 3 is 2.20 bits per heavy atom. The lowest BCUT2D eigenvalue weighted by molar-refractivity contribution is -0.114. The molecule has 6 nitrogen and oxygen atoms in total. The lowest BCUT2D eigenvalue weighted by atomic mass is 10.2. The van der Waals surface area contributed by atoms with Crippen molar-refractivity contribution in [1.82, 2.24) is 0 Å². The molecule has 1 amide bonds. The van der Waals surface area contributed by atoms with E-state index in [2.05, 4.69) is 5.32 Å². The molecule has 0 saturated carbocycles. The SMILES string of the molecule is COc1ccc(C)cc1NC(=O)CN(c1ccccc1)S(=O)(=O)c1ccc(C)cc1. The summed E-state index contributed by atoms with van der Waals surface area (Å²) < 4.78 is 33.1. The molecule has 30 heavy (non-hydrogen) atoms. The first-order valence-electron chi connectivity index (χ1n) is 9.40. The van der Waals surface area contributed by atoms with Gasteiger partial charge in [0.15, 0.2) is 0 Å². The van der Waals surface area contributed by atoms with E-state index in [9.17, 15) is 13.2 Å². The van der Waals surface area contributed by atoms with Crippen molar-refractivity contribution in [3.8, 4) is 5.75 Å². The van der Waals surface area contributed by atoms with E-state index >= 15 is 0 Å². The molecule has 3 aromatic carbocycles. The molecule has 0 atom stereocenters. The van der Waals surface area contributed by atoms with Crippen LogP contribution in [0.25, 0.3) is 0 Å². The highest BCUT2D eigenvalue weighted by Gasteiger charge is 2.27. The van der Waals surface area contributed by atoms with Crippen LogP contribution in [0.4, 0.5) is 11.4 Å². The largest absolute Gasteiger partial charge is 0.495 e. The lowest BCUT2D eigenvalue weighted by Gasteiger charge is -2.24. The zero-order chi connectivity index (χ0) is 21.7. The predicted octanol–water partition coefficient (Wildman–Crippen LogP) is 4.15. The maximum Gasteiger partial charge on any atom is 0.264 e. The number of sulfonamides is 1. The minimum absolute atomic E-state index is 0.123. The molecule has 0 aliphatic heterocycles. The van der Waals surface area contributed by atoms with E-state index in [1.807, 2.05) is 19.9 Å². The van der Waals surface area contributed by atoms with Gasteiger partial charge in [-0.2, -0.15) is 0 Å². The van der Waals surface area contributed by atoms with E-state index in [-0.39, 0.29) is 11.4 Å². The highest BCUT2D eigenvalue weighted by molar-refractivity contribution is 7.92. The van der Waals surface area contributed by atoms with Crippen molar-refractivity contribution in [1.29, 1.82) is 0 Å². The number of hydrogen-bond donors (Lipinski definition) is 1. The average molecular weight is 425 g/mol. The number of rotatable bonds is 7. The van der Waals surface area contributed by atoms with Crippen LogP contribution in [0.1, 0.15) is 11.1 Å². The van der Waals surface area contributed by atoms with Gasteiger partial charge in [-0.15, -0.1) is 0 Å². The number of amides is 1. The van der Waals surface area contributed by atoms with Gasteiger partial charge < -0.3 is 10.1 Å². The lowest BCUT2D eigenvalue weighted by Crippen LogP contribution is -2.38. The Bertz CT molecular complexity index is 1130. The Morgan fingerprint density at radius 1 is 0.933 bits per heavy atom. The van der Waals surface area contributed by atoms with Crippen molar-refractivity contribution in [3.63, 3.8) is 0 Å². The average Bonchev–Trinajstić information content (AvgIpc) is 2.73. The first-order valence-corrected chi connectivity index (χ1v) is 10.8. The molecule has 0 aliphatic carbocycles. The number of benzene rings is 3. The molecule has 7 heteroatoms. The molecular weight excluding hydrogens is 400 g/mol. The maximum absolute atomic E-state index is 13.3. The normalized spacial score (nSPS) is 11.0. The number of carbonyl (C=O) groups excluding carboxylic acids is 1. The summed E-state index contributed by atoms with van der Waals surface area (Å²) in [5.74, 6) is 0.0278. The van der Waals surface area contributed by atoms with Crippen molar-refractivity contribution in [2.75, 3.05) is 23.3 Å². The summed E-state index contributed by atoms with van der Waals surface area (Å²) in [6, 6.07) is 20.5. The number of carbonyl (C=O) groups is 1. The van der Waals surface area contributed by atoms with Gasteiger partial charge in [-0.1, -0.05) is 42.0 Å². The van der Waals surface area contributed by atoms with Gasteiger partial charge in [-0.3, -0.25) is 9.10 Å². The second-order valence-electron chi connectivity index (χ2n) is 6.91. The molecule has 0 spiro atoms. The molecule has 3 rings (SSSR count). The summed E-state index contributed by atoms with van der Waals surface area (Å²) >= 11 is 0. The monoisotopic (exact) mass is 424 g/mol. The molecule has 0 unspecified atom stereocenters. The maximum atomic E-state index is 13.3. The van der Waals surface area contributed by atoms with Crippen molar-refractivity contribution in [2.45, 2.75) is 18.7 Å². The number of aryl methyl sites for hydroxylation is 2. The third-order valence-corrected chi connectivity index (χ3v) is 6.36. The van der Waals surface area contributed by atoms with Crippen molar-refractivity contribution in [3.05, 3.63) is 83.9 Å². The molecule has 156 valence electrons. The van der Waals surface area contributed by atoms with Crippen LogP contribution in [0.2, 0.25) is 0 Å². The van der Waals surface area contributed by atoms with Gasteiger partial charge in [-0.05, 0) is 55.8 Å². The van der Waals surface area contributed by atoms with Crippen LogP contribution in [-0.4, -0.2) is 28.0 Å². The van der Waals surface area contributed by atoms with Crippen LogP contribution in [0.3, 0.4) is 0 Å². The number of nitrogens with zero attached hydrogens (tertiary/aromatic N) is 1. The smallest absolute Gasteiger partial charge is 0.264 e. The molecule has 1 N–H and O–H groups in total. The van der Waals surface area contributed by atoms with Gasteiger partial charge in [0.25, 0.3) is 10.0 Å². The van der Waals surface area contributed by atoms with Gasteiger partial charge in [0.2, 0.25) is 5.91 Å². The fraction of sp³-hybridized carbons (Fsp3) is 0.174. The van der Waals surface area contributed by atoms with E-state index in [1.165, 1.54) is 7.11 Å². The van der Waals surface area contributed by atoms with E-state index in [4.69, 9.17) is 4.74 Å². The predicted molar refractivity (Wildman–Crippen MR) is 119 cm³/mol. The molecule has 0 radical (unpaired) electrons. The van der Waals surface area contributed by atoms with Crippen LogP contribution in [-0.2, 0) is 14.8 Å². The van der Waals surface area contributed by atoms with Gasteiger partial charge in [0.1, 0.15) is 12.3 Å². The Kier molecular flexibility index (Phi) is 6.42. The molecular formula is C23H24N2O4S. The van der Waals surface area contributed by atoms with Crippen molar-refractivity contribution >= 4 is 27.3 Å². The highest BCUT2D eigenvalue weighted by atomic mass is 32.2. The van der Waals surface area contributed by atoms with Crippen LogP contribution in [0, 0.1) is 13.8 Å². The molecule has 0 heterocycles. The quantitative estimate of drug-likeness (QED) is 0.618. The number of hydrogen-bond acceptors (Lipinski definition) is 4. The first-order chi connectivity index (χ1) is 14.3. The Morgan fingerprint density at radius 2 is 1.57 bits per heavy atom. The zero-order valence-electron chi connectivity index (χ0n) is 17.1.